The number of carbonyl (C=O) groups excluding carboxylic acids is 1. The van der Waals surface area contributed by atoms with Crippen LogP contribution in [-0.4, -0.2) is 35.7 Å². The topological polar surface area (TPSA) is 41.6 Å². The van der Waals surface area contributed by atoms with E-state index in [-0.39, 0.29) is 5.97 Å². The first-order valence-corrected chi connectivity index (χ1v) is 9.22. The summed E-state index contributed by atoms with van der Waals surface area (Å²) < 4.78 is 5.26. The summed E-state index contributed by atoms with van der Waals surface area (Å²) in [5, 5.41) is 4.81. The molecule has 22 heavy (non-hydrogen) atoms. The van der Waals surface area contributed by atoms with Crippen LogP contribution in [0.25, 0.3) is 0 Å². The van der Waals surface area contributed by atoms with Crippen LogP contribution in [0.1, 0.15) is 54.4 Å². The van der Waals surface area contributed by atoms with Crippen LogP contribution >= 0.6 is 23.6 Å². The predicted molar refractivity (Wildman–Crippen MR) is 96.1 cm³/mol. The van der Waals surface area contributed by atoms with Crippen molar-refractivity contribution in [2.75, 3.05) is 25.0 Å². The van der Waals surface area contributed by atoms with Gasteiger partial charge in [-0.25, -0.2) is 4.79 Å². The highest BCUT2D eigenvalue weighted by atomic mass is 32.1. The molecule has 1 N–H and O–H groups in total. The van der Waals surface area contributed by atoms with Gasteiger partial charge in [0.25, 0.3) is 0 Å². The minimum Gasteiger partial charge on any atom is -0.462 e. The van der Waals surface area contributed by atoms with E-state index in [4.69, 9.17) is 17.0 Å². The van der Waals surface area contributed by atoms with Crippen molar-refractivity contribution >= 4 is 39.6 Å². The van der Waals surface area contributed by atoms with E-state index in [1.807, 2.05) is 6.92 Å². The Morgan fingerprint density at radius 3 is 2.59 bits per heavy atom. The number of rotatable bonds is 5. The van der Waals surface area contributed by atoms with Gasteiger partial charge in [-0.1, -0.05) is 0 Å². The molecular formula is C16H24N2O2S2. The number of aryl methyl sites for hydroxylation is 1. The first-order valence-electron chi connectivity index (χ1n) is 7.99. The average molecular weight is 341 g/mol. The van der Waals surface area contributed by atoms with Gasteiger partial charge in [-0.2, -0.15) is 0 Å². The van der Waals surface area contributed by atoms with Gasteiger partial charge in [0.1, 0.15) is 5.00 Å². The molecule has 1 heterocycles. The maximum atomic E-state index is 12.4. The van der Waals surface area contributed by atoms with E-state index in [1.165, 1.54) is 16.9 Å². The zero-order valence-corrected chi connectivity index (χ0v) is 15.2. The number of hydrogen-bond donors (Lipinski definition) is 1. The van der Waals surface area contributed by atoms with Crippen LogP contribution in [0.5, 0.6) is 0 Å². The van der Waals surface area contributed by atoms with Crippen LogP contribution in [0.4, 0.5) is 5.00 Å². The second kappa shape index (κ2) is 7.92. The number of thiophene rings is 1. The molecule has 1 aliphatic rings. The third-order valence-electron chi connectivity index (χ3n) is 3.92. The van der Waals surface area contributed by atoms with Crippen LogP contribution in [0.3, 0.4) is 0 Å². The molecule has 0 atom stereocenters. The molecular weight excluding hydrogens is 316 g/mol. The molecule has 0 fully saturated rings. The summed E-state index contributed by atoms with van der Waals surface area (Å²) in [6.07, 6.45) is 4.33. The predicted octanol–water partition coefficient (Wildman–Crippen LogP) is 3.84. The summed E-state index contributed by atoms with van der Waals surface area (Å²) in [6.45, 7) is 8.07. The zero-order valence-electron chi connectivity index (χ0n) is 13.5. The first-order chi connectivity index (χ1) is 10.6. The lowest BCUT2D eigenvalue weighted by molar-refractivity contribution is 0.0526. The lowest BCUT2D eigenvalue weighted by atomic mass is 9.95. The minimum absolute atomic E-state index is 0.230. The molecule has 122 valence electrons. The SMILES string of the molecule is CCOC(=O)c1c(NC(=S)N(CC)CC)sc2c1CCCC2. The van der Waals surface area contributed by atoms with Gasteiger partial charge >= 0.3 is 5.97 Å². The van der Waals surface area contributed by atoms with Gasteiger partial charge < -0.3 is 15.0 Å². The van der Waals surface area contributed by atoms with Gasteiger partial charge in [-0.15, -0.1) is 11.3 Å². The summed E-state index contributed by atoms with van der Waals surface area (Å²) in [5.74, 6) is -0.230. The van der Waals surface area contributed by atoms with E-state index in [0.29, 0.717) is 17.3 Å². The Kier molecular flexibility index (Phi) is 6.20. The van der Waals surface area contributed by atoms with Crippen molar-refractivity contribution in [3.8, 4) is 0 Å². The fourth-order valence-corrected chi connectivity index (χ4v) is 4.46. The van der Waals surface area contributed by atoms with Crippen LogP contribution in [-0.2, 0) is 17.6 Å². The molecule has 0 unspecified atom stereocenters. The lowest BCUT2D eigenvalue weighted by Gasteiger charge is -2.22. The molecule has 1 aromatic rings. The molecule has 0 aliphatic heterocycles. The summed E-state index contributed by atoms with van der Waals surface area (Å²) in [5.41, 5.74) is 1.87. The number of nitrogens with one attached hydrogen (secondary N) is 1. The third-order valence-corrected chi connectivity index (χ3v) is 5.49. The molecule has 2 rings (SSSR count). The second-order valence-electron chi connectivity index (χ2n) is 5.24. The van der Waals surface area contributed by atoms with Crippen molar-refractivity contribution in [1.82, 2.24) is 4.90 Å². The smallest absolute Gasteiger partial charge is 0.341 e. The standard InChI is InChI=1S/C16H24N2O2S2/c1-4-18(5-2)16(21)17-14-13(15(19)20-6-3)11-9-7-8-10-12(11)22-14/h4-10H2,1-3H3,(H,17,21). The summed E-state index contributed by atoms with van der Waals surface area (Å²) in [4.78, 5) is 15.8. The highest BCUT2D eigenvalue weighted by Crippen LogP contribution is 2.38. The van der Waals surface area contributed by atoms with Crippen LogP contribution in [0.15, 0.2) is 0 Å². The maximum Gasteiger partial charge on any atom is 0.341 e. The number of fused-ring (bicyclic) bond motifs is 1. The van der Waals surface area contributed by atoms with Gasteiger partial charge in [0, 0.05) is 18.0 Å². The summed E-state index contributed by atoms with van der Waals surface area (Å²) in [6, 6.07) is 0. The maximum absolute atomic E-state index is 12.4. The van der Waals surface area contributed by atoms with E-state index in [2.05, 4.69) is 24.1 Å². The van der Waals surface area contributed by atoms with Gasteiger partial charge in [0.05, 0.1) is 12.2 Å². The molecule has 0 bridgehead atoms. The molecule has 0 spiro atoms. The molecule has 6 heteroatoms. The Bertz CT molecular complexity index is 551. The Hall–Kier alpha value is -1.14. The van der Waals surface area contributed by atoms with Crippen LogP contribution < -0.4 is 5.32 Å². The molecule has 0 saturated heterocycles. The number of esters is 1. The Balaban J connectivity index is 2.31. The molecule has 0 radical (unpaired) electrons. The summed E-state index contributed by atoms with van der Waals surface area (Å²) >= 11 is 7.13. The normalized spacial score (nSPS) is 13.4. The van der Waals surface area contributed by atoms with Crippen molar-refractivity contribution in [3.05, 3.63) is 16.0 Å². The summed E-state index contributed by atoms with van der Waals surface area (Å²) in [7, 11) is 0. The van der Waals surface area contributed by atoms with Gasteiger partial charge in [-0.05, 0) is 64.2 Å². The Labute approximate surface area is 141 Å². The number of carbonyl (C=O) groups is 1. The zero-order chi connectivity index (χ0) is 16.1. The fraction of sp³-hybridized carbons (Fsp3) is 0.625. The molecule has 4 nitrogen and oxygen atoms in total. The minimum atomic E-state index is -0.230. The quantitative estimate of drug-likeness (QED) is 0.651. The van der Waals surface area contributed by atoms with Gasteiger partial charge in [0.2, 0.25) is 0 Å². The number of nitrogens with zero attached hydrogens (tertiary/aromatic N) is 1. The monoisotopic (exact) mass is 340 g/mol. The van der Waals surface area contributed by atoms with E-state index >= 15 is 0 Å². The second-order valence-corrected chi connectivity index (χ2v) is 6.73. The van der Waals surface area contributed by atoms with Gasteiger partial charge in [-0.3, -0.25) is 0 Å². The largest absolute Gasteiger partial charge is 0.462 e. The molecule has 0 aromatic carbocycles. The average Bonchev–Trinajstić information content (AvgIpc) is 2.86. The van der Waals surface area contributed by atoms with Crippen molar-refractivity contribution in [3.63, 3.8) is 0 Å². The third kappa shape index (κ3) is 3.60. The Morgan fingerprint density at radius 1 is 1.27 bits per heavy atom. The van der Waals surface area contributed by atoms with Crippen LogP contribution in [0.2, 0.25) is 0 Å². The van der Waals surface area contributed by atoms with E-state index < -0.39 is 0 Å². The van der Waals surface area contributed by atoms with Crippen molar-refractivity contribution in [2.24, 2.45) is 0 Å². The van der Waals surface area contributed by atoms with Crippen molar-refractivity contribution in [2.45, 2.75) is 46.5 Å². The van der Waals surface area contributed by atoms with E-state index in [1.54, 1.807) is 11.3 Å². The number of ether oxygens (including phenoxy) is 1. The number of hydrogen-bond acceptors (Lipinski definition) is 4. The highest BCUT2D eigenvalue weighted by molar-refractivity contribution is 7.80. The van der Waals surface area contributed by atoms with Crippen molar-refractivity contribution < 1.29 is 9.53 Å². The fourth-order valence-electron chi connectivity index (χ4n) is 2.76. The molecule has 0 saturated carbocycles. The molecule has 0 amide bonds. The number of anilines is 1. The lowest BCUT2D eigenvalue weighted by Crippen LogP contribution is -2.34. The van der Waals surface area contributed by atoms with Gasteiger partial charge in [0.15, 0.2) is 5.11 Å². The Morgan fingerprint density at radius 2 is 1.95 bits per heavy atom. The molecule has 1 aromatic heterocycles. The van der Waals surface area contributed by atoms with Crippen LogP contribution in [0, 0.1) is 0 Å². The van der Waals surface area contributed by atoms with Crippen molar-refractivity contribution in [1.29, 1.82) is 0 Å². The van der Waals surface area contributed by atoms with E-state index in [0.717, 1.165) is 37.4 Å². The molecule has 1 aliphatic carbocycles. The highest BCUT2D eigenvalue weighted by Gasteiger charge is 2.27. The van der Waals surface area contributed by atoms with E-state index in [9.17, 15) is 4.79 Å². The number of thiocarbonyl (C=S) groups is 1. The first kappa shape index (κ1) is 17.2.